The van der Waals surface area contributed by atoms with Gasteiger partial charge in [-0.2, -0.15) is 0 Å². The molecule has 0 spiro atoms. The number of carbonyl (C=O) groups is 2. The molecule has 0 unspecified atom stereocenters. The second-order valence-electron chi connectivity index (χ2n) is 5.48. The zero-order chi connectivity index (χ0) is 18.5. The second kappa shape index (κ2) is 7.76. The van der Waals surface area contributed by atoms with E-state index < -0.39 is 0 Å². The number of hydrogen-bond acceptors (Lipinski definition) is 4. The lowest BCUT2D eigenvalue weighted by atomic mass is 10.1. The summed E-state index contributed by atoms with van der Waals surface area (Å²) in [7, 11) is 0. The van der Waals surface area contributed by atoms with Crippen molar-refractivity contribution in [2.75, 3.05) is 10.6 Å². The quantitative estimate of drug-likeness (QED) is 0.730. The number of rotatable bonds is 4. The molecular formula is C19H15ClN4O2. The van der Waals surface area contributed by atoms with Gasteiger partial charge in [-0.3, -0.25) is 19.6 Å². The van der Waals surface area contributed by atoms with E-state index >= 15 is 0 Å². The summed E-state index contributed by atoms with van der Waals surface area (Å²) in [5.74, 6) is -0.491. The van der Waals surface area contributed by atoms with E-state index in [-0.39, 0.29) is 17.5 Å². The van der Waals surface area contributed by atoms with Crippen molar-refractivity contribution in [1.82, 2.24) is 9.97 Å². The van der Waals surface area contributed by atoms with Gasteiger partial charge in [-0.1, -0.05) is 11.6 Å². The molecule has 6 nitrogen and oxygen atoms in total. The summed E-state index contributed by atoms with van der Waals surface area (Å²) in [6.45, 7) is 1.43. The Balaban J connectivity index is 1.70. The van der Waals surface area contributed by atoms with Gasteiger partial charge in [0.25, 0.3) is 5.91 Å². The standard InChI is InChI=1S/C19H15ClN4O2/c1-12(25)23-14-5-7-15(8-6-14)24-19(26)17-9-4-13(11-22-17)18-16(20)3-2-10-21-18/h2-11H,1H3,(H,23,25)(H,24,26). The first-order valence-electron chi connectivity index (χ1n) is 7.79. The fourth-order valence-electron chi connectivity index (χ4n) is 2.30. The van der Waals surface area contributed by atoms with Gasteiger partial charge in [0.05, 0.1) is 10.7 Å². The van der Waals surface area contributed by atoms with E-state index in [1.54, 1.807) is 60.9 Å². The molecule has 0 bridgehead atoms. The third-order valence-corrected chi connectivity index (χ3v) is 3.80. The molecule has 1 aromatic carbocycles. The minimum atomic E-state index is -0.337. The average Bonchev–Trinajstić information content (AvgIpc) is 2.63. The first kappa shape index (κ1) is 17.6. The molecule has 0 saturated heterocycles. The maximum atomic E-state index is 12.3. The first-order chi connectivity index (χ1) is 12.5. The largest absolute Gasteiger partial charge is 0.326 e. The van der Waals surface area contributed by atoms with Crippen molar-refractivity contribution >= 4 is 34.8 Å². The second-order valence-corrected chi connectivity index (χ2v) is 5.89. The van der Waals surface area contributed by atoms with Crippen LogP contribution in [0.5, 0.6) is 0 Å². The molecule has 7 heteroatoms. The van der Waals surface area contributed by atoms with Crippen LogP contribution in [0.2, 0.25) is 5.02 Å². The molecule has 3 rings (SSSR count). The summed E-state index contributed by atoms with van der Waals surface area (Å²) in [5.41, 5.74) is 2.87. The third-order valence-electron chi connectivity index (χ3n) is 3.49. The monoisotopic (exact) mass is 366 g/mol. The molecule has 3 aromatic rings. The minimum absolute atomic E-state index is 0.154. The van der Waals surface area contributed by atoms with E-state index in [1.165, 1.54) is 6.92 Å². The van der Waals surface area contributed by atoms with Gasteiger partial charge in [-0.05, 0) is 48.5 Å². The first-order valence-corrected chi connectivity index (χ1v) is 8.16. The summed E-state index contributed by atoms with van der Waals surface area (Å²) in [6.07, 6.45) is 3.20. The van der Waals surface area contributed by atoms with Crippen molar-refractivity contribution in [2.45, 2.75) is 6.92 Å². The van der Waals surface area contributed by atoms with Gasteiger partial charge in [0.15, 0.2) is 0 Å². The molecular weight excluding hydrogens is 352 g/mol. The van der Waals surface area contributed by atoms with Crippen LogP contribution >= 0.6 is 11.6 Å². The number of halogens is 1. The minimum Gasteiger partial charge on any atom is -0.326 e. The van der Waals surface area contributed by atoms with Crippen molar-refractivity contribution in [3.8, 4) is 11.3 Å². The lowest BCUT2D eigenvalue weighted by Gasteiger charge is -2.07. The Morgan fingerprint density at radius 1 is 0.923 bits per heavy atom. The summed E-state index contributed by atoms with van der Waals surface area (Å²) in [4.78, 5) is 31.7. The molecule has 2 heterocycles. The normalized spacial score (nSPS) is 10.2. The number of nitrogens with zero attached hydrogens (tertiary/aromatic N) is 2. The van der Waals surface area contributed by atoms with Crippen molar-refractivity contribution < 1.29 is 9.59 Å². The maximum Gasteiger partial charge on any atom is 0.274 e. The summed E-state index contributed by atoms with van der Waals surface area (Å²) >= 11 is 6.12. The Morgan fingerprint density at radius 2 is 1.62 bits per heavy atom. The lowest BCUT2D eigenvalue weighted by molar-refractivity contribution is -0.114. The molecule has 130 valence electrons. The van der Waals surface area contributed by atoms with Gasteiger partial charge in [0, 0.05) is 36.3 Å². The van der Waals surface area contributed by atoms with E-state index in [1.807, 2.05) is 0 Å². The Morgan fingerprint density at radius 3 is 2.19 bits per heavy atom. The van der Waals surface area contributed by atoms with Gasteiger partial charge in [0.1, 0.15) is 5.69 Å². The highest BCUT2D eigenvalue weighted by Gasteiger charge is 2.10. The highest BCUT2D eigenvalue weighted by molar-refractivity contribution is 6.33. The Labute approximate surface area is 155 Å². The molecule has 0 aliphatic rings. The SMILES string of the molecule is CC(=O)Nc1ccc(NC(=O)c2ccc(-c3ncccc3Cl)cn2)cc1. The van der Waals surface area contributed by atoms with Crippen molar-refractivity contribution in [1.29, 1.82) is 0 Å². The molecule has 26 heavy (non-hydrogen) atoms. The molecule has 0 radical (unpaired) electrons. The van der Waals surface area contributed by atoms with Crippen LogP contribution in [0.15, 0.2) is 60.9 Å². The van der Waals surface area contributed by atoms with Gasteiger partial charge >= 0.3 is 0 Å². The number of amides is 2. The van der Waals surface area contributed by atoms with E-state index in [4.69, 9.17) is 11.6 Å². The molecule has 0 fully saturated rings. The number of benzene rings is 1. The van der Waals surface area contributed by atoms with Crippen LogP contribution in [0.3, 0.4) is 0 Å². The predicted octanol–water partition coefficient (Wildman–Crippen LogP) is 4.01. The van der Waals surface area contributed by atoms with Crippen LogP contribution in [0.25, 0.3) is 11.3 Å². The van der Waals surface area contributed by atoms with Crippen LogP contribution in [0.1, 0.15) is 17.4 Å². The number of hydrogen-bond donors (Lipinski definition) is 2. The number of anilines is 2. The predicted molar refractivity (Wildman–Crippen MR) is 101 cm³/mol. The van der Waals surface area contributed by atoms with Gasteiger partial charge in [-0.15, -0.1) is 0 Å². The third kappa shape index (κ3) is 4.23. The Hall–Kier alpha value is -3.25. The lowest BCUT2D eigenvalue weighted by Crippen LogP contribution is -2.13. The van der Waals surface area contributed by atoms with Crippen LogP contribution in [0, 0.1) is 0 Å². The molecule has 0 atom stereocenters. The van der Waals surface area contributed by atoms with E-state index in [0.717, 1.165) is 5.56 Å². The van der Waals surface area contributed by atoms with Crippen LogP contribution in [-0.2, 0) is 4.79 Å². The number of nitrogens with one attached hydrogen (secondary N) is 2. The van der Waals surface area contributed by atoms with E-state index in [0.29, 0.717) is 22.1 Å². The van der Waals surface area contributed by atoms with E-state index in [9.17, 15) is 9.59 Å². The highest BCUT2D eigenvalue weighted by Crippen LogP contribution is 2.24. The number of carbonyl (C=O) groups excluding carboxylic acids is 2. The smallest absolute Gasteiger partial charge is 0.274 e. The molecule has 2 aromatic heterocycles. The average molecular weight is 367 g/mol. The van der Waals surface area contributed by atoms with Crippen LogP contribution in [0.4, 0.5) is 11.4 Å². The molecule has 0 saturated carbocycles. The fraction of sp³-hybridized carbons (Fsp3) is 0.0526. The summed E-state index contributed by atoms with van der Waals surface area (Å²) < 4.78 is 0. The molecule has 2 N–H and O–H groups in total. The van der Waals surface area contributed by atoms with Crippen molar-refractivity contribution in [3.05, 3.63) is 71.6 Å². The van der Waals surface area contributed by atoms with Crippen LogP contribution in [-0.4, -0.2) is 21.8 Å². The van der Waals surface area contributed by atoms with Gasteiger partial charge in [0.2, 0.25) is 5.91 Å². The van der Waals surface area contributed by atoms with Gasteiger partial charge < -0.3 is 10.6 Å². The molecule has 0 aliphatic heterocycles. The van der Waals surface area contributed by atoms with Crippen LogP contribution < -0.4 is 10.6 Å². The summed E-state index contributed by atoms with van der Waals surface area (Å²) in [6, 6.07) is 13.7. The zero-order valence-electron chi connectivity index (χ0n) is 13.9. The fourth-order valence-corrected chi connectivity index (χ4v) is 2.53. The van der Waals surface area contributed by atoms with Crippen molar-refractivity contribution in [3.63, 3.8) is 0 Å². The number of aromatic nitrogens is 2. The zero-order valence-corrected chi connectivity index (χ0v) is 14.6. The summed E-state index contributed by atoms with van der Waals surface area (Å²) in [5, 5.41) is 5.94. The topological polar surface area (TPSA) is 84.0 Å². The van der Waals surface area contributed by atoms with E-state index in [2.05, 4.69) is 20.6 Å². The van der Waals surface area contributed by atoms with Gasteiger partial charge in [-0.25, -0.2) is 0 Å². The molecule has 2 amide bonds. The number of pyridine rings is 2. The molecule has 0 aliphatic carbocycles. The maximum absolute atomic E-state index is 12.3. The highest BCUT2D eigenvalue weighted by atomic mass is 35.5. The van der Waals surface area contributed by atoms with Crippen molar-refractivity contribution in [2.24, 2.45) is 0 Å². The Bertz CT molecular complexity index is 941. The Kier molecular flexibility index (Phi) is 5.24.